The van der Waals surface area contributed by atoms with Crippen molar-refractivity contribution in [2.24, 2.45) is 0 Å². The summed E-state index contributed by atoms with van der Waals surface area (Å²) in [6.07, 6.45) is 2.19. The fourth-order valence-corrected chi connectivity index (χ4v) is 2.64. The second-order valence-electron chi connectivity index (χ2n) is 4.90. The molecule has 0 unspecified atom stereocenters. The van der Waals surface area contributed by atoms with Gasteiger partial charge in [-0.25, -0.2) is 14.3 Å². The van der Waals surface area contributed by atoms with Crippen LogP contribution >= 0.6 is 15.9 Å². The third-order valence-corrected chi connectivity index (χ3v) is 4.02. The molecule has 2 aromatic heterocycles. The van der Waals surface area contributed by atoms with E-state index >= 15 is 0 Å². The standard InChI is InChI=1S/C16H14BrN3O3/c17-13-7-2-1-6-12(13)15(21)23-11-5-10-20-16(22)19-9-4-3-8-14(19)18-20/h1-4,6-9H,5,10-11H2. The van der Waals surface area contributed by atoms with E-state index < -0.39 is 0 Å². The quantitative estimate of drug-likeness (QED) is 0.507. The van der Waals surface area contributed by atoms with Crippen LogP contribution in [0.4, 0.5) is 0 Å². The van der Waals surface area contributed by atoms with E-state index in [4.69, 9.17) is 4.74 Å². The molecule has 3 aromatic rings. The monoisotopic (exact) mass is 375 g/mol. The summed E-state index contributed by atoms with van der Waals surface area (Å²) in [6.45, 7) is 0.615. The van der Waals surface area contributed by atoms with Crippen LogP contribution < -0.4 is 5.69 Å². The minimum absolute atomic E-state index is 0.197. The number of benzene rings is 1. The van der Waals surface area contributed by atoms with Crippen molar-refractivity contribution in [3.63, 3.8) is 0 Å². The molecule has 0 N–H and O–H groups in total. The lowest BCUT2D eigenvalue weighted by Gasteiger charge is -2.06. The minimum atomic E-state index is -0.389. The number of carbonyl (C=O) groups is 1. The molecule has 0 aliphatic rings. The van der Waals surface area contributed by atoms with Gasteiger partial charge < -0.3 is 4.74 Å². The Labute approximate surface area is 140 Å². The third kappa shape index (κ3) is 3.34. The molecule has 0 amide bonds. The van der Waals surface area contributed by atoms with E-state index in [1.807, 2.05) is 12.1 Å². The van der Waals surface area contributed by atoms with Crippen LogP contribution in [0.1, 0.15) is 16.8 Å². The van der Waals surface area contributed by atoms with Crippen LogP contribution in [0.2, 0.25) is 0 Å². The van der Waals surface area contributed by atoms with Crippen molar-refractivity contribution >= 4 is 27.5 Å². The van der Waals surface area contributed by atoms with Crippen molar-refractivity contribution in [3.8, 4) is 0 Å². The van der Waals surface area contributed by atoms with Crippen LogP contribution in [0.15, 0.2) is 57.9 Å². The highest BCUT2D eigenvalue weighted by Gasteiger charge is 2.11. The topological polar surface area (TPSA) is 65.6 Å². The number of nitrogens with zero attached hydrogens (tertiary/aromatic N) is 3. The molecule has 3 rings (SSSR count). The number of aryl methyl sites for hydroxylation is 1. The maximum Gasteiger partial charge on any atom is 0.350 e. The predicted molar refractivity (Wildman–Crippen MR) is 88.5 cm³/mol. The highest BCUT2D eigenvalue weighted by atomic mass is 79.9. The Hall–Kier alpha value is -2.41. The molecule has 118 valence electrons. The lowest BCUT2D eigenvalue weighted by molar-refractivity contribution is 0.0493. The summed E-state index contributed by atoms with van der Waals surface area (Å²) in [5.74, 6) is -0.389. The number of hydrogen-bond acceptors (Lipinski definition) is 4. The average molecular weight is 376 g/mol. The van der Waals surface area contributed by atoms with Crippen LogP contribution in [0.5, 0.6) is 0 Å². The Kier molecular flexibility index (Phi) is 4.57. The largest absolute Gasteiger partial charge is 0.462 e. The first-order chi connectivity index (χ1) is 11.2. The molecule has 0 saturated heterocycles. The highest BCUT2D eigenvalue weighted by molar-refractivity contribution is 9.10. The predicted octanol–water partition coefficient (Wildman–Crippen LogP) is 2.51. The summed E-state index contributed by atoms with van der Waals surface area (Å²) in [7, 11) is 0. The molecule has 2 heterocycles. The van der Waals surface area contributed by atoms with E-state index in [9.17, 15) is 9.59 Å². The molecule has 0 atom stereocenters. The zero-order chi connectivity index (χ0) is 16.2. The number of halogens is 1. The van der Waals surface area contributed by atoms with Gasteiger partial charge in [-0.1, -0.05) is 18.2 Å². The molecular formula is C16H14BrN3O3. The normalized spacial score (nSPS) is 10.8. The molecule has 0 spiro atoms. The number of carbonyl (C=O) groups excluding carboxylic acids is 1. The van der Waals surface area contributed by atoms with Crippen molar-refractivity contribution < 1.29 is 9.53 Å². The molecule has 0 radical (unpaired) electrons. The van der Waals surface area contributed by atoms with E-state index in [0.29, 0.717) is 28.6 Å². The second-order valence-corrected chi connectivity index (χ2v) is 5.76. The highest BCUT2D eigenvalue weighted by Crippen LogP contribution is 2.16. The van der Waals surface area contributed by atoms with E-state index in [1.54, 1.807) is 36.5 Å². The molecule has 0 saturated carbocycles. The van der Waals surface area contributed by atoms with Crippen molar-refractivity contribution in [1.29, 1.82) is 0 Å². The minimum Gasteiger partial charge on any atom is -0.462 e. The van der Waals surface area contributed by atoms with Gasteiger partial charge in [-0.15, -0.1) is 5.10 Å². The summed E-state index contributed by atoms with van der Waals surface area (Å²) < 4.78 is 8.78. The molecule has 0 aliphatic carbocycles. The molecule has 0 fully saturated rings. The fourth-order valence-electron chi connectivity index (χ4n) is 2.20. The number of hydrogen-bond donors (Lipinski definition) is 0. The second kappa shape index (κ2) is 6.78. The Balaban J connectivity index is 1.57. The van der Waals surface area contributed by atoms with Gasteiger partial charge in [-0.2, -0.15) is 0 Å². The molecule has 0 bridgehead atoms. The average Bonchev–Trinajstić information content (AvgIpc) is 2.88. The number of esters is 1. The van der Waals surface area contributed by atoms with Crippen LogP contribution in [0.25, 0.3) is 5.65 Å². The SMILES string of the molecule is O=C(OCCCn1nc2ccccn2c1=O)c1ccccc1Br. The van der Waals surface area contributed by atoms with E-state index in [1.165, 1.54) is 9.08 Å². The van der Waals surface area contributed by atoms with Gasteiger partial charge in [0.15, 0.2) is 5.65 Å². The summed E-state index contributed by atoms with van der Waals surface area (Å²) in [5.41, 5.74) is 0.887. The first kappa shape index (κ1) is 15.5. The van der Waals surface area contributed by atoms with Crippen LogP contribution in [-0.4, -0.2) is 26.8 Å². The van der Waals surface area contributed by atoms with Gasteiger partial charge in [-0.05, 0) is 40.2 Å². The third-order valence-electron chi connectivity index (χ3n) is 3.33. The van der Waals surface area contributed by atoms with Crippen molar-refractivity contribution in [2.45, 2.75) is 13.0 Å². The van der Waals surface area contributed by atoms with Gasteiger partial charge in [0.2, 0.25) is 0 Å². The molecule has 7 heteroatoms. The van der Waals surface area contributed by atoms with E-state index in [2.05, 4.69) is 21.0 Å². The lowest BCUT2D eigenvalue weighted by Crippen LogP contribution is -2.22. The first-order valence-electron chi connectivity index (χ1n) is 7.12. The summed E-state index contributed by atoms with van der Waals surface area (Å²) in [5, 5.41) is 4.22. The van der Waals surface area contributed by atoms with Crippen molar-refractivity contribution in [2.75, 3.05) is 6.61 Å². The fraction of sp³-hybridized carbons (Fsp3) is 0.188. The zero-order valence-electron chi connectivity index (χ0n) is 12.2. The molecule has 1 aromatic carbocycles. The van der Waals surface area contributed by atoms with E-state index in [0.717, 1.165) is 0 Å². The van der Waals surface area contributed by atoms with Gasteiger partial charge in [0.05, 0.1) is 12.2 Å². The number of ether oxygens (including phenoxy) is 1. The molecular weight excluding hydrogens is 362 g/mol. The lowest BCUT2D eigenvalue weighted by atomic mass is 10.2. The summed E-state index contributed by atoms with van der Waals surface area (Å²) in [4.78, 5) is 24.0. The molecule has 23 heavy (non-hydrogen) atoms. The van der Waals surface area contributed by atoms with Crippen molar-refractivity contribution in [1.82, 2.24) is 14.2 Å². The number of rotatable bonds is 5. The molecule has 0 aliphatic heterocycles. The van der Waals surface area contributed by atoms with Crippen molar-refractivity contribution in [3.05, 3.63) is 69.2 Å². The number of pyridine rings is 1. The van der Waals surface area contributed by atoms with Gasteiger partial charge in [0, 0.05) is 23.6 Å². The smallest absolute Gasteiger partial charge is 0.350 e. The zero-order valence-corrected chi connectivity index (χ0v) is 13.8. The maximum atomic E-state index is 12.1. The van der Waals surface area contributed by atoms with Gasteiger partial charge in [-0.3, -0.25) is 4.40 Å². The summed E-state index contributed by atoms with van der Waals surface area (Å²) in [6, 6.07) is 12.5. The summed E-state index contributed by atoms with van der Waals surface area (Å²) >= 11 is 3.31. The Bertz CT molecular complexity index is 901. The van der Waals surface area contributed by atoms with E-state index in [-0.39, 0.29) is 18.3 Å². The van der Waals surface area contributed by atoms with Crippen LogP contribution in [-0.2, 0) is 11.3 Å². The Morgan fingerprint density at radius 1 is 1.17 bits per heavy atom. The van der Waals surface area contributed by atoms with Crippen LogP contribution in [0.3, 0.4) is 0 Å². The van der Waals surface area contributed by atoms with Gasteiger partial charge in [0.25, 0.3) is 0 Å². The van der Waals surface area contributed by atoms with Gasteiger partial charge in [0.1, 0.15) is 0 Å². The number of aromatic nitrogens is 3. The number of fused-ring (bicyclic) bond motifs is 1. The Morgan fingerprint density at radius 3 is 2.74 bits per heavy atom. The maximum absolute atomic E-state index is 12.1. The van der Waals surface area contributed by atoms with Crippen LogP contribution in [0, 0.1) is 0 Å². The Morgan fingerprint density at radius 2 is 1.96 bits per heavy atom. The molecule has 6 nitrogen and oxygen atoms in total. The van der Waals surface area contributed by atoms with Gasteiger partial charge >= 0.3 is 11.7 Å². The first-order valence-corrected chi connectivity index (χ1v) is 7.92.